The Morgan fingerprint density at radius 2 is 1.74 bits per heavy atom. The van der Waals surface area contributed by atoms with Gasteiger partial charge in [-0.2, -0.15) is 0 Å². The number of rotatable bonds is 7. The van der Waals surface area contributed by atoms with E-state index in [4.69, 9.17) is 4.98 Å². The fourth-order valence-corrected chi connectivity index (χ4v) is 1.93. The van der Waals surface area contributed by atoms with Gasteiger partial charge in [0.1, 0.15) is 0 Å². The molecule has 0 bridgehead atoms. The van der Waals surface area contributed by atoms with Crippen LogP contribution in [0.25, 0.3) is 0 Å². The van der Waals surface area contributed by atoms with E-state index in [9.17, 15) is 0 Å². The molecule has 0 radical (unpaired) electrons. The highest BCUT2D eigenvalue weighted by molar-refractivity contribution is 5.11. The predicted octanol–water partition coefficient (Wildman–Crippen LogP) is 3.06. The second-order valence-electron chi connectivity index (χ2n) is 6.06. The van der Waals surface area contributed by atoms with Crippen molar-refractivity contribution in [2.75, 3.05) is 7.05 Å². The third-order valence-electron chi connectivity index (χ3n) is 3.63. The van der Waals surface area contributed by atoms with Crippen LogP contribution in [0.5, 0.6) is 0 Å². The summed E-state index contributed by atoms with van der Waals surface area (Å²) >= 11 is 0. The quantitative estimate of drug-likeness (QED) is 0.819. The van der Waals surface area contributed by atoms with Crippen LogP contribution in [0.2, 0.25) is 0 Å². The van der Waals surface area contributed by atoms with Gasteiger partial charge in [-0.15, -0.1) is 0 Å². The van der Waals surface area contributed by atoms with E-state index in [0.717, 1.165) is 24.5 Å². The molecule has 1 unspecified atom stereocenters. The molecule has 0 spiro atoms. The average Bonchev–Trinajstić information content (AvgIpc) is 2.35. The first-order valence-electron chi connectivity index (χ1n) is 7.28. The van der Waals surface area contributed by atoms with Crippen LogP contribution in [0, 0.1) is 5.92 Å². The molecule has 19 heavy (non-hydrogen) atoms. The van der Waals surface area contributed by atoms with Crippen molar-refractivity contribution in [1.29, 1.82) is 0 Å². The van der Waals surface area contributed by atoms with Crippen molar-refractivity contribution in [3.8, 4) is 0 Å². The minimum atomic E-state index is 0.495. The van der Waals surface area contributed by atoms with Crippen LogP contribution in [0.1, 0.15) is 46.0 Å². The zero-order valence-electron chi connectivity index (χ0n) is 13.3. The van der Waals surface area contributed by atoms with E-state index in [1.165, 1.54) is 0 Å². The number of nitrogens with one attached hydrogen (secondary N) is 1. The van der Waals surface area contributed by atoms with Gasteiger partial charge in [0.05, 0.1) is 11.4 Å². The van der Waals surface area contributed by atoms with Gasteiger partial charge in [0.2, 0.25) is 0 Å². The minimum absolute atomic E-state index is 0.495. The Hall–Kier alpha value is -0.930. The predicted molar refractivity (Wildman–Crippen MR) is 82.0 cm³/mol. The van der Waals surface area contributed by atoms with Crippen molar-refractivity contribution in [1.82, 2.24) is 15.2 Å². The second kappa shape index (κ2) is 7.61. The molecular formula is C16H29N3. The smallest absolute Gasteiger partial charge is 0.0547 e. The third kappa shape index (κ3) is 5.70. The molecule has 1 aromatic rings. The van der Waals surface area contributed by atoms with Crippen molar-refractivity contribution in [3.05, 3.63) is 29.6 Å². The van der Waals surface area contributed by atoms with Crippen molar-refractivity contribution >= 4 is 0 Å². The van der Waals surface area contributed by atoms with E-state index < -0.39 is 0 Å². The molecule has 1 N–H and O–H groups in total. The molecule has 1 atom stereocenters. The van der Waals surface area contributed by atoms with Gasteiger partial charge in [-0.05, 0) is 32.0 Å². The summed E-state index contributed by atoms with van der Waals surface area (Å²) in [6.45, 7) is 12.9. The summed E-state index contributed by atoms with van der Waals surface area (Å²) in [5, 5.41) is 3.41. The Bertz CT molecular complexity index is 374. The first-order valence-corrected chi connectivity index (χ1v) is 7.28. The maximum Gasteiger partial charge on any atom is 0.0547 e. The lowest BCUT2D eigenvalue weighted by Crippen LogP contribution is -2.33. The third-order valence-corrected chi connectivity index (χ3v) is 3.63. The molecule has 3 heteroatoms. The summed E-state index contributed by atoms with van der Waals surface area (Å²) in [4.78, 5) is 7.09. The number of hydrogen-bond acceptors (Lipinski definition) is 3. The van der Waals surface area contributed by atoms with Gasteiger partial charge in [0, 0.05) is 25.2 Å². The van der Waals surface area contributed by atoms with Crippen LogP contribution >= 0.6 is 0 Å². The molecule has 108 valence electrons. The van der Waals surface area contributed by atoms with Crippen molar-refractivity contribution in [2.24, 2.45) is 5.92 Å². The van der Waals surface area contributed by atoms with Crippen LogP contribution in [-0.4, -0.2) is 29.0 Å². The summed E-state index contributed by atoms with van der Waals surface area (Å²) in [5.74, 6) is 0.663. The lowest BCUT2D eigenvalue weighted by atomic mass is 10.1. The molecule has 0 fully saturated rings. The molecule has 3 nitrogen and oxygen atoms in total. The molecule has 0 aliphatic heterocycles. The topological polar surface area (TPSA) is 28.2 Å². The number of pyridine rings is 1. The van der Waals surface area contributed by atoms with Gasteiger partial charge in [-0.3, -0.25) is 9.88 Å². The Kier molecular flexibility index (Phi) is 6.46. The van der Waals surface area contributed by atoms with Crippen LogP contribution in [0.4, 0.5) is 0 Å². The normalized spacial score (nSPS) is 13.5. The van der Waals surface area contributed by atoms with E-state index >= 15 is 0 Å². The van der Waals surface area contributed by atoms with Crippen LogP contribution < -0.4 is 5.32 Å². The lowest BCUT2D eigenvalue weighted by molar-refractivity contribution is 0.198. The average molecular weight is 263 g/mol. The molecule has 0 aliphatic rings. The van der Waals surface area contributed by atoms with Gasteiger partial charge >= 0.3 is 0 Å². The monoisotopic (exact) mass is 263 g/mol. The molecule has 1 aromatic heterocycles. The Labute approximate surface area is 118 Å². The summed E-state index contributed by atoms with van der Waals surface area (Å²) in [6.07, 6.45) is 0. The minimum Gasteiger partial charge on any atom is -0.309 e. The van der Waals surface area contributed by atoms with Crippen molar-refractivity contribution in [2.45, 2.75) is 59.8 Å². The Morgan fingerprint density at radius 1 is 1.11 bits per heavy atom. The maximum atomic E-state index is 4.72. The molecule has 1 heterocycles. The second-order valence-corrected chi connectivity index (χ2v) is 6.06. The van der Waals surface area contributed by atoms with E-state index in [1.54, 1.807) is 0 Å². The van der Waals surface area contributed by atoms with Gasteiger partial charge in [-0.25, -0.2) is 0 Å². The molecule has 0 saturated carbocycles. The van der Waals surface area contributed by atoms with Crippen LogP contribution in [0.3, 0.4) is 0 Å². The molecule has 0 amide bonds. The fraction of sp³-hybridized carbons (Fsp3) is 0.688. The first-order chi connectivity index (χ1) is 8.90. The van der Waals surface area contributed by atoms with E-state index in [2.05, 4.69) is 70.1 Å². The van der Waals surface area contributed by atoms with Gasteiger partial charge in [-0.1, -0.05) is 33.8 Å². The molecule has 0 saturated heterocycles. The summed E-state index contributed by atoms with van der Waals surface area (Å²) in [7, 11) is 2.17. The van der Waals surface area contributed by atoms with Gasteiger partial charge < -0.3 is 5.32 Å². The zero-order chi connectivity index (χ0) is 14.4. The number of aromatic nitrogens is 1. The molecule has 1 rings (SSSR count). The first kappa shape index (κ1) is 16.1. The molecule has 0 aliphatic carbocycles. The van der Waals surface area contributed by atoms with Crippen molar-refractivity contribution in [3.63, 3.8) is 0 Å². The SMILES string of the molecule is CC(C)NCc1cccc(CN(C)C(C)C(C)C)n1. The summed E-state index contributed by atoms with van der Waals surface area (Å²) < 4.78 is 0. The highest BCUT2D eigenvalue weighted by atomic mass is 15.1. The van der Waals surface area contributed by atoms with E-state index in [0.29, 0.717) is 18.0 Å². The zero-order valence-corrected chi connectivity index (χ0v) is 13.3. The van der Waals surface area contributed by atoms with Gasteiger partial charge in [0.15, 0.2) is 0 Å². The molecule has 0 aromatic carbocycles. The highest BCUT2D eigenvalue weighted by Crippen LogP contribution is 2.11. The Morgan fingerprint density at radius 3 is 2.32 bits per heavy atom. The lowest BCUT2D eigenvalue weighted by Gasteiger charge is -2.27. The van der Waals surface area contributed by atoms with E-state index in [1.807, 2.05) is 0 Å². The van der Waals surface area contributed by atoms with Gasteiger partial charge in [0.25, 0.3) is 0 Å². The number of nitrogens with zero attached hydrogens (tertiary/aromatic N) is 2. The Balaban J connectivity index is 2.61. The fourth-order valence-electron chi connectivity index (χ4n) is 1.93. The maximum absolute atomic E-state index is 4.72. The van der Waals surface area contributed by atoms with Crippen molar-refractivity contribution < 1.29 is 0 Å². The standard InChI is InChI=1S/C16H29N3/c1-12(2)14(5)19(6)11-16-9-7-8-15(18-16)10-17-13(3)4/h7-9,12-14,17H,10-11H2,1-6H3. The molecular weight excluding hydrogens is 234 g/mol. The summed E-state index contributed by atoms with van der Waals surface area (Å²) in [6, 6.07) is 7.37. The van der Waals surface area contributed by atoms with E-state index in [-0.39, 0.29) is 0 Å². The number of hydrogen-bond donors (Lipinski definition) is 1. The van der Waals surface area contributed by atoms with Crippen LogP contribution in [0.15, 0.2) is 18.2 Å². The summed E-state index contributed by atoms with van der Waals surface area (Å²) in [5.41, 5.74) is 2.27. The largest absolute Gasteiger partial charge is 0.309 e. The highest BCUT2D eigenvalue weighted by Gasteiger charge is 2.13. The van der Waals surface area contributed by atoms with Crippen LogP contribution in [-0.2, 0) is 13.1 Å².